The standard InChI is InChI=1S/C29H32ClN3O2S2/c1-4-7-11-20(5-2)18-32-28(34)26(37-29(32)36)17-22-19-33(23-12-9-8-10-13-23)31-27(22)21-14-15-25(35-6-3)24(30)16-21/h8-10,12-17,19-20H,4-7,11,18H2,1-3H3/b26-17-/t20-/m1/s1. The quantitative estimate of drug-likeness (QED) is 0.178. The predicted octanol–water partition coefficient (Wildman–Crippen LogP) is 8.01. The second-order valence-corrected chi connectivity index (χ2v) is 11.1. The maximum Gasteiger partial charge on any atom is 0.266 e. The number of aromatic nitrogens is 2. The van der Waals surface area contributed by atoms with Crippen LogP contribution in [0.15, 0.2) is 59.6 Å². The van der Waals surface area contributed by atoms with Crippen molar-refractivity contribution in [1.82, 2.24) is 14.7 Å². The van der Waals surface area contributed by atoms with E-state index in [0.29, 0.717) is 39.1 Å². The number of ether oxygens (including phenoxy) is 1. The van der Waals surface area contributed by atoms with E-state index in [9.17, 15) is 4.79 Å². The van der Waals surface area contributed by atoms with Crippen LogP contribution in [0.4, 0.5) is 0 Å². The van der Waals surface area contributed by atoms with Gasteiger partial charge in [-0.2, -0.15) is 5.10 Å². The van der Waals surface area contributed by atoms with E-state index < -0.39 is 0 Å². The lowest BCUT2D eigenvalue weighted by atomic mass is 9.99. The van der Waals surface area contributed by atoms with Crippen LogP contribution in [-0.2, 0) is 4.79 Å². The number of para-hydroxylation sites is 1. The molecule has 0 bridgehead atoms. The van der Waals surface area contributed by atoms with Crippen molar-refractivity contribution in [3.63, 3.8) is 0 Å². The Bertz CT molecular complexity index is 1290. The van der Waals surface area contributed by atoms with Crippen LogP contribution in [0.1, 0.15) is 52.0 Å². The summed E-state index contributed by atoms with van der Waals surface area (Å²) in [5, 5.41) is 5.39. The van der Waals surface area contributed by atoms with Gasteiger partial charge in [0.25, 0.3) is 5.91 Å². The van der Waals surface area contributed by atoms with Gasteiger partial charge in [-0.05, 0) is 55.7 Å². The van der Waals surface area contributed by atoms with Crippen molar-refractivity contribution in [2.45, 2.75) is 46.5 Å². The number of thiocarbonyl (C=S) groups is 1. The molecule has 5 nitrogen and oxygen atoms in total. The topological polar surface area (TPSA) is 47.4 Å². The van der Waals surface area contributed by atoms with Gasteiger partial charge in [-0.25, -0.2) is 4.68 Å². The summed E-state index contributed by atoms with van der Waals surface area (Å²) < 4.78 is 8.05. The molecule has 4 rings (SSSR count). The molecule has 0 aliphatic carbocycles. The molecule has 8 heteroatoms. The summed E-state index contributed by atoms with van der Waals surface area (Å²) >= 11 is 13.5. The molecule has 37 heavy (non-hydrogen) atoms. The Hall–Kier alpha value is -2.61. The van der Waals surface area contributed by atoms with Gasteiger partial charge >= 0.3 is 0 Å². The number of amides is 1. The van der Waals surface area contributed by atoms with Gasteiger partial charge in [-0.15, -0.1) is 0 Å². The Morgan fingerprint density at radius 1 is 1.16 bits per heavy atom. The number of hydrogen-bond acceptors (Lipinski definition) is 5. The van der Waals surface area contributed by atoms with Gasteiger partial charge in [0, 0.05) is 23.9 Å². The highest BCUT2D eigenvalue weighted by atomic mass is 35.5. The molecule has 194 valence electrons. The minimum Gasteiger partial charge on any atom is -0.492 e. The van der Waals surface area contributed by atoms with Crippen molar-refractivity contribution in [3.05, 3.63) is 70.2 Å². The Morgan fingerprint density at radius 2 is 1.95 bits per heavy atom. The fraction of sp³-hybridized carbons (Fsp3) is 0.345. The lowest BCUT2D eigenvalue weighted by molar-refractivity contribution is -0.122. The maximum absolute atomic E-state index is 13.4. The van der Waals surface area contributed by atoms with Crippen LogP contribution in [0, 0.1) is 5.92 Å². The van der Waals surface area contributed by atoms with Gasteiger partial charge in [0.1, 0.15) is 15.8 Å². The van der Waals surface area contributed by atoms with E-state index in [4.69, 9.17) is 33.7 Å². The zero-order valence-electron chi connectivity index (χ0n) is 21.4. The molecule has 1 amide bonds. The summed E-state index contributed by atoms with van der Waals surface area (Å²) in [6.07, 6.45) is 8.29. The normalized spacial score (nSPS) is 15.6. The summed E-state index contributed by atoms with van der Waals surface area (Å²) in [6, 6.07) is 15.5. The van der Waals surface area contributed by atoms with E-state index in [2.05, 4.69) is 13.8 Å². The highest BCUT2D eigenvalue weighted by molar-refractivity contribution is 8.26. The molecule has 1 aliphatic rings. The Kier molecular flexibility index (Phi) is 9.46. The Morgan fingerprint density at radius 3 is 2.62 bits per heavy atom. The molecule has 1 fully saturated rings. The number of benzene rings is 2. The number of hydrogen-bond donors (Lipinski definition) is 0. The van der Waals surface area contributed by atoms with Crippen molar-refractivity contribution >= 4 is 51.9 Å². The minimum atomic E-state index is -0.0342. The molecule has 0 N–H and O–H groups in total. The van der Waals surface area contributed by atoms with E-state index in [-0.39, 0.29) is 5.91 Å². The van der Waals surface area contributed by atoms with Crippen LogP contribution in [0.2, 0.25) is 5.02 Å². The van der Waals surface area contributed by atoms with Crippen LogP contribution in [0.25, 0.3) is 23.0 Å². The molecule has 0 saturated carbocycles. The van der Waals surface area contributed by atoms with E-state index in [1.54, 1.807) is 4.90 Å². The monoisotopic (exact) mass is 553 g/mol. The number of rotatable bonds is 11. The molecule has 0 radical (unpaired) electrons. The molecule has 1 aromatic heterocycles. The first kappa shape index (κ1) is 27.4. The summed E-state index contributed by atoms with van der Waals surface area (Å²) in [5.74, 6) is 1.05. The fourth-order valence-corrected chi connectivity index (χ4v) is 5.83. The fourth-order valence-electron chi connectivity index (χ4n) is 4.33. The first-order valence-electron chi connectivity index (χ1n) is 12.8. The second kappa shape index (κ2) is 12.8. The van der Waals surface area contributed by atoms with Crippen molar-refractivity contribution in [3.8, 4) is 22.7 Å². The number of unbranched alkanes of at least 4 members (excludes halogenated alkanes) is 1. The third-order valence-electron chi connectivity index (χ3n) is 6.41. The SMILES string of the molecule is CCCC[C@@H](CC)CN1C(=O)/C(=C/c2cn(-c3ccccc3)nc2-c2ccc(OCC)c(Cl)c2)SC1=S. The molecule has 3 aromatic rings. The summed E-state index contributed by atoms with van der Waals surface area (Å²) in [4.78, 5) is 15.8. The third kappa shape index (κ3) is 6.46. The number of thioether (sulfide) groups is 1. The van der Waals surface area contributed by atoms with Crippen molar-refractivity contribution < 1.29 is 9.53 Å². The number of carbonyl (C=O) groups is 1. The minimum absolute atomic E-state index is 0.0342. The molecule has 2 heterocycles. The van der Waals surface area contributed by atoms with Gasteiger partial charge in [0.2, 0.25) is 0 Å². The molecule has 2 aromatic carbocycles. The lowest BCUT2D eigenvalue weighted by Gasteiger charge is -2.21. The van der Waals surface area contributed by atoms with Crippen molar-refractivity contribution in [2.75, 3.05) is 13.2 Å². The van der Waals surface area contributed by atoms with E-state index in [1.807, 2.05) is 72.4 Å². The predicted molar refractivity (Wildman–Crippen MR) is 158 cm³/mol. The largest absolute Gasteiger partial charge is 0.492 e. The van der Waals surface area contributed by atoms with E-state index >= 15 is 0 Å². The summed E-state index contributed by atoms with van der Waals surface area (Å²) in [5.41, 5.74) is 3.32. The highest BCUT2D eigenvalue weighted by Crippen LogP contribution is 2.37. The third-order valence-corrected chi connectivity index (χ3v) is 8.09. The van der Waals surface area contributed by atoms with Crippen LogP contribution in [-0.4, -0.2) is 38.1 Å². The summed E-state index contributed by atoms with van der Waals surface area (Å²) in [7, 11) is 0. The molecule has 1 atom stereocenters. The highest BCUT2D eigenvalue weighted by Gasteiger charge is 2.33. The van der Waals surface area contributed by atoms with Crippen molar-refractivity contribution in [2.24, 2.45) is 5.92 Å². The van der Waals surface area contributed by atoms with Crippen LogP contribution in [0.5, 0.6) is 5.75 Å². The van der Waals surface area contributed by atoms with Crippen LogP contribution >= 0.6 is 35.6 Å². The molecular formula is C29H32ClN3O2S2. The van der Waals surface area contributed by atoms with Gasteiger partial charge in [0.05, 0.1) is 22.2 Å². The zero-order valence-corrected chi connectivity index (χ0v) is 23.8. The Labute approximate surface area is 233 Å². The molecule has 1 saturated heterocycles. The number of halogens is 1. The summed E-state index contributed by atoms with van der Waals surface area (Å²) in [6.45, 7) is 7.50. The molecule has 0 spiro atoms. The van der Waals surface area contributed by atoms with Gasteiger partial charge in [-0.1, -0.05) is 86.9 Å². The smallest absolute Gasteiger partial charge is 0.266 e. The number of nitrogens with zero attached hydrogens (tertiary/aromatic N) is 3. The molecule has 0 unspecified atom stereocenters. The maximum atomic E-state index is 13.4. The first-order chi connectivity index (χ1) is 17.9. The molecule has 1 aliphatic heterocycles. The van der Waals surface area contributed by atoms with E-state index in [0.717, 1.165) is 48.2 Å². The molecular weight excluding hydrogens is 522 g/mol. The first-order valence-corrected chi connectivity index (χ1v) is 14.4. The van der Waals surface area contributed by atoms with Gasteiger partial charge in [0.15, 0.2) is 0 Å². The Balaban J connectivity index is 1.70. The van der Waals surface area contributed by atoms with E-state index in [1.165, 1.54) is 11.8 Å². The lowest BCUT2D eigenvalue weighted by Crippen LogP contribution is -2.33. The zero-order chi connectivity index (χ0) is 26.4. The van der Waals surface area contributed by atoms with Crippen LogP contribution in [0.3, 0.4) is 0 Å². The van der Waals surface area contributed by atoms with Gasteiger partial charge < -0.3 is 4.74 Å². The van der Waals surface area contributed by atoms with Crippen molar-refractivity contribution in [1.29, 1.82) is 0 Å². The average Bonchev–Trinajstić information content (AvgIpc) is 3.44. The second-order valence-electron chi connectivity index (χ2n) is 9.00. The average molecular weight is 554 g/mol. The number of carbonyl (C=O) groups excluding carboxylic acids is 1. The van der Waals surface area contributed by atoms with Crippen LogP contribution < -0.4 is 4.74 Å². The van der Waals surface area contributed by atoms with Gasteiger partial charge in [-0.3, -0.25) is 9.69 Å².